The molecule has 146 valence electrons. The molecule has 2 aromatic carbocycles. The average molecular weight is 386 g/mol. The van der Waals surface area contributed by atoms with E-state index in [1.807, 2.05) is 13.0 Å². The van der Waals surface area contributed by atoms with Crippen LogP contribution in [-0.2, 0) is 11.2 Å². The van der Waals surface area contributed by atoms with E-state index in [0.717, 1.165) is 18.6 Å². The van der Waals surface area contributed by atoms with E-state index in [9.17, 15) is 13.6 Å². The first kappa shape index (κ1) is 19.5. The van der Waals surface area contributed by atoms with Crippen molar-refractivity contribution >= 4 is 11.6 Å². The molecule has 0 aliphatic carbocycles. The van der Waals surface area contributed by atoms with Gasteiger partial charge in [0.05, 0.1) is 24.1 Å². The Labute approximate surface area is 161 Å². The molecule has 3 aromatic rings. The van der Waals surface area contributed by atoms with Crippen molar-refractivity contribution in [3.63, 3.8) is 0 Å². The van der Waals surface area contributed by atoms with Crippen molar-refractivity contribution in [1.82, 2.24) is 4.98 Å². The van der Waals surface area contributed by atoms with Gasteiger partial charge in [0.25, 0.3) is 0 Å². The number of benzene rings is 2. The Balaban J connectivity index is 1.61. The van der Waals surface area contributed by atoms with Crippen molar-refractivity contribution in [1.29, 1.82) is 0 Å². The number of halogens is 2. The van der Waals surface area contributed by atoms with Crippen LogP contribution in [0.15, 0.2) is 53.1 Å². The number of anilines is 1. The lowest BCUT2D eigenvalue weighted by atomic mass is 10.1. The molecule has 0 unspecified atom stereocenters. The van der Waals surface area contributed by atoms with Crippen LogP contribution in [-0.4, -0.2) is 17.5 Å². The van der Waals surface area contributed by atoms with E-state index in [0.29, 0.717) is 18.0 Å². The van der Waals surface area contributed by atoms with Crippen molar-refractivity contribution in [2.75, 3.05) is 11.9 Å². The first-order chi connectivity index (χ1) is 13.6. The Morgan fingerprint density at radius 1 is 1.14 bits per heavy atom. The van der Waals surface area contributed by atoms with Crippen LogP contribution >= 0.6 is 0 Å². The van der Waals surface area contributed by atoms with Gasteiger partial charge in [-0.15, -0.1) is 0 Å². The summed E-state index contributed by atoms with van der Waals surface area (Å²) in [5, 5.41) is 2.79. The Hall–Kier alpha value is -3.22. The van der Waals surface area contributed by atoms with Gasteiger partial charge in [-0.05, 0) is 30.7 Å². The maximum Gasteiger partial charge on any atom is 0.224 e. The summed E-state index contributed by atoms with van der Waals surface area (Å²) in [7, 11) is 0. The third-order valence-corrected chi connectivity index (χ3v) is 3.95. The van der Waals surface area contributed by atoms with Gasteiger partial charge in [-0.2, -0.15) is 0 Å². The second-order valence-electron chi connectivity index (χ2n) is 6.11. The number of aromatic nitrogens is 1. The highest BCUT2D eigenvalue weighted by molar-refractivity contribution is 5.92. The summed E-state index contributed by atoms with van der Waals surface area (Å²) in [4.78, 5) is 16.2. The summed E-state index contributed by atoms with van der Waals surface area (Å²) in [6.07, 6.45) is 2.40. The second-order valence-corrected chi connectivity index (χ2v) is 6.11. The highest BCUT2D eigenvalue weighted by Gasteiger charge is 2.16. The average Bonchev–Trinajstić information content (AvgIpc) is 3.14. The standard InChI is InChI=1S/C21H20F2N2O3/c1-2-12-27-17-9-4-3-8-16(17)25-19(26)10-11-20-24-13-18(28-20)21-14(22)6-5-7-15(21)23/h3-9,13H,2,10-12H2,1H3,(H,25,26). The maximum absolute atomic E-state index is 13.8. The van der Waals surface area contributed by atoms with Crippen molar-refractivity contribution in [3.8, 4) is 17.1 Å². The van der Waals surface area contributed by atoms with Gasteiger partial charge in [0.15, 0.2) is 11.7 Å². The van der Waals surface area contributed by atoms with E-state index in [1.54, 1.807) is 18.2 Å². The van der Waals surface area contributed by atoms with E-state index in [2.05, 4.69) is 10.3 Å². The second kappa shape index (κ2) is 9.12. The fraction of sp³-hybridized carbons (Fsp3) is 0.238. The molecule has 0 saturated heterocycles. The van der Waals surface area contributed by atoms with Crippen LogP contribution in [0.25, 0.3) is 11.3 Å². The molecule has 0 radical (unpaired) electrons. The molecule has 7 heteroatoms. The van der Waals surface area contributed by atoms with Crippen LogP contribution in [0.2, 0.25) is 0 Å². The van der Waals surface area contributed by atoms with Crippen molar-refractivity contribution in [2.45, 2.75) is 26.2 Å². The monoisotopic (exact) mass is 386 g/mol. The summed E-state index contributed by atoms with van der Waals surface area (Å²) in [6, 6.07) is 10.7. The van der Waals surface area contributed by atoms with Gasteiger partial charge in [0, 0.05) is 12.8 Å². The molecule has 0 aliphatic heterocycles. The summed E-state index contributed by atoms with van der Waals surface area (Å²) in [5.74, 6) is -0.892. The zero-order chi connectivity index (χ0) is 19.9. The SMILES string of the molecule is CCCOc1ccccc1NC(=O)CCc1ncc(-c2c(F)cccc2F)o1. The molecule has 1 aromatic heterocycles. The minimum absolute atomic E-state index is 0.00989. The molecule has 1 N–H and O–H groups in total. The zero-order valence-electron chi connectivity index (χ0n) is 15.4. The first-order valence-corrected chi connectivity index (χ1v) is 8.99. The number of aryl methyl sites for hydroxylation is 1. The predicted octanol–water partition coefficient (Wildman–Crippen LogP) is 4.98. The Bertz CT molecular complexity index is 936. The molecular formula is C21H20F2N2O3. The maximum atomic E-state index is 13.8. The minimum atomic E-state index is -0.732. The number of carbonyl (C=O) groups is 1. The number of nitrogens with one attached hydrogen (secondary N) is 1. The molecule has 1 heterocycles. The van der Waals surface area contributed by atoms with Gasteiger partial charge in [-0.1, -0.05) is 25.1 Å². The molecule has 28 heavy (non-hydrogen) atoms. The molecular weight excluding hydrogens is 366 g/mol. The first-order valence-electron chi connectivity index (χ1n) is 8.99. The molecule has 0 atom stereocenters. The van der Waals surface area contributed by atoms with Gasteiger partial charge >= 0.3 is 0 Å². The van der Waals surface area contributed by atoms with Crippen molar-refractivity contribution in [2.24, 2.45) is 0 Å². The number of rotatable bonds is 8. The topological polar surface area (TPSA) is 64.4 Å². The Morgan fingerprint density at radius 3 is 2.64 bits per heavy atom. The lowest BCUT2D eigenvalue weighted by Crippen LogP contribution is -2.13. The fourth-order valence-electron chi connectivity index (χ4n) is 2.62. The largest absolute Gasteiger partial charge is 0.491 e. The number of hydrogen-bond acceptors (Lipinski definition) is 4. The van der Waals surface area contributed by atoms with Crippen molar-refractivity contribution in [3.05, 3.63) is 66.2 Å². The molecule has 1 amide bonds. The summed E-state index contributed by atoms with van der Waals surface area (Å²) in [6.45, 7) is 2.55. The highest BCUT2D eigenvalue weighted by Crippen LogP contribution is 2.27. The van der Waals surface area contributed by atoms with Crippen molar-refractivity contribution < 1.29 is 22.7 Å². The quantitative estimate of drug-likeness (QED) is 0.593. The van der Waals surface area contributed by atoms with E-state index in [-0.39, 0.29) is 36.0 Å². The van der Waals surface area contributed by atoms with E-state index >= 15 is 0 Å². The molecule has 0 bridgehead atoms. The fourth-order valence-corrected chi connectivity index (χ4v) is 2.62. The smallest absolute Gasteiger partial charge is 0.224 e. The summed E-state index contributed by atoms with van der Waals surface area (Å²) < 4.78 is 38.7. The lowest BCUT2D eigenvalue weighted by Gasteiger charge is -2.11. The lowest BCUT2D eigenvalue weighted by molar-refractivity contribution is -0.116. The Kier molecular flexibility index (Phi) is 6.37. The number of amides is 1. The number of para-hydroxylation sites is 2. The van der Waals surface area contributed by atoms with Gasteiger partial charge in [0.2, 0.25) is 5.91 Å². The van der Waals surface area contributed by atoms with E-state index in [4.69, 9.17) is 9.15 Å². The zero-order valence-corrected chi connectivity index (χ0v) is 15.4. The molecule has 5 nitrogen and oxygen atoms in total. The minimum Gasteiger partial charge on any atom is -0.491 e. The number of ether oxygens (including phenoxy) is 1. The number of nitrogens with zero attached hydrogens (tertiary/aromatic N) is 1. The number of hydrogen-bond donors (Lipinski definition) is 1. The van der Waals surface area contributed by atoms with Gasteiger partial charge in [0.1, 0.15) is 17.4 Å². The van der Waals surface area contributed by atoms with E-state index in [1.165, 1.54) is 12.3 Å². The van der Waals surface area contributed by atoms with Gasteiger partial charge in [-0.25, -0.2) is 13.8 Å². The molecule has 3 rings (SSSR count). The van der Waals surface area contributed by atoms with Crippen LogP contribution in [0.1, 0.15) is 25.7 Å². The number of carbonyl (C=O) groups excluding carboxylic acids is 1. The Morgan fingerprint density at radius 2 is 1.89 bits per heavy atom. The van der Waals surface area contributed by atoms with Crippen LogP contribution in [0.5, 0.6) is 5.75 Å². The predicted molar refractivity (Wildman–Crippen MR) is 101 cm³/mol. The highest BCUT2D eigenvalue weighted by atomic mass is 19.1. The summed E-state index contributed by atoms with van der Waals surface area (Å²) >= 11 is 0. The van der Waals surface area contributed by atoms with Crippen LogP contribution < -0.4 is 10.1 Å². The van der Waals surface area contributed by atoms with Crippen LogP contribution in [0.3, 0.4) is 0 Å². The van der Waals surface area contributed by atoms with E-state index < -0.39 is 11.6 Å². The summed E-state index contributed by atoms with van der Waals surface area (Å²) in [5.41, 5.74) is 0.315. The molecule has 0 aliphatic rings. The third-order valence-electron chi connectivity index (χ3n) is 3.95. The van der Waals surface area contributed by atoms with Crippen LogP contribution in [0.4, 0.5) is 14.5 Å². The molecule has 0 fully saturated rings. The van der Waals surface area contributed by atoms with Gasteiger partial charge < -0.3 is 14.5 Å². The normalized spacial score (nSPS) is 10.7. The molecule has 0 saturated carbocycles. The van der Waals surface area contributed by atoms with Crippen LogP contribution in [0, 0.1) is 11.6 Å². The van der Waals surface area contributed by atoms with Gasteiger partial charge in [-0.3, -0.25) is 4.79 Å². The number of oxazole rings is 1. The molecule has 0 spiro atoms. The third kappa shape index (κ3) is 4.73.